The molecule has 0 spiro atoms. The molecule has 0 aromatic carbocycles. The Morgan fingerprint density at radius 3 is 2.87 bits per heavy atom. The van der Waals surface area contributed by atoms with Gasteiger partial charge >= 0.3 is 0 Å². The predicted octanol–water partition coefficient (Wildman–Crippen LogP) is 2.11. The lowest BCUT2D eigenvalue weighted by Gasteiger charge is -2.03. The summed E-state index contributed by atoms with van der Waals surface area (Å²) < 4.78 is 0. The van der Waals surface area contributed by atoms with Gasteiger partial charge in [-0.15, -0.1) is 0 Å². The molecule has 2 heterocycles. The van der Waals surface area contributed by atoms with E-state index in [1.807, 2.05) is 37.5 Å². The number of nitrogens with zero attached hydrogens (tertiary/aromatic N) is 2. The van der Waals surface area contributed by atoms with E-state index in [1.165, 1.54) is 5.56 Å². The highest BCUT2D eigenvalue weighted by Gasteiger charge is 1.98. The number of nitrogens with one attached hydrogen (secondary N) is 1. The van der Waals surface area contributed by atoms with Crippen molar-refractivity contribution in [2.75, 3.05) is 12.4 Å². The summed E-state index contributed by atoms with van der Waals surface area (Å²) in [6.07, 6.45) is 4.47. The van der Waals surface area contributed by atoms with Crippen LogP contribution in [0.3, 0.4) is 0 Å². The number of hydrogen-bond acceptors (Lipinski definition) is 3. The van der Waals surface area contributed by atoms with Crippen LogP contribution in [0.2, 0.25) is 0 Å². The molecule has 0 radical (unpaired) electrons. The molecule has 3 heteroatoms. The molecular formula is C12H13N3. The van der Waals surface area contributed by atoms with Crippen molar-refractivity contribution in [1.82, 2.24) is 9.97 Å². The zero-order valence-electron chi connectivity index (χ0n) is 8.64. The minimum Gasteiger partial charge on any atom is -0.373 e. The Kier molecular flexibility index (Phi) is 2.93. The van der Waals surface area contributed by atoms with Gasteiger partial charge in [0.15, 0.2) is 0 Å². The van der Waals surface area contributed by atoms with Crippen LogP contribution in [0, 0.1) is 0 Å². The Bertz CT molecular complexity index is 426. The summed E-state index contributed by atoms with van der Waals surface area (Å²) >= 11 is 0. The van der Waals surface area contributed by atoms with Gasteiger partial charge in [0.1, 0.15) is 5.82 Å². The first-order valence-corrected chi connectivity index (χ1v) is 4.91. The first kappa shape index (κ1) is 9.65. The van der Waals surface area contributed by atoms with E-state index in [0.29, 0.717) is 0 Å². The summed E-state index contributed by atoms with van der Waals surface area (Å²) in [5, 5.41) is 3.03. The van der Waals surface area contributed by atoms with E-state index >= 15 is 0 Å². The molecule has 0 aliphatic rings. The second-order valence-electron chi connectivity index (χ2n) is 3.30. The average molecular weight is 199 g/mol. The van der Waals surface area contributed by atoms with Crippen molar-refractivity contribution in [2.24, 2.45) is 0 Å². The molecule has 2 rings (SSSR count). The fraction of sp³-hybridized carbons (Fsp3) is 0.167. The summed E-state index contributed by atoms with van der Waals surface area (Å²) in [7, 11) is 1.87. The number of pyridine rings is 2. The van der Waals surface area contributed by atoms with Crippen LogP contribution in [0.25, 0.3) is 0 Å². The van der Waals surface area contributed by atoms with Gasteiger partial charge in [0.25, 0.3) is 0 Å². The second-order valence-corrected chi connectivity index (χ2v) is 3.30. The Balaban J connectivity index is 2.17. The molecule has 2 aromatic rings. The van der Waals surface area contributed by atoms with Gasteiger partial charge in [-0.2, -0.15) is 0 Å². The first-order valence-electron chi connectivity index (χ1n) is 4.91. The quantitative estimate of drug-likeness (QED) is 0.822. The maximum Gasteiger partial charge on any atom is 0.125 e. The van der Waals surface area contributed by atoms with Crippen LogP contribution in [0.4, 0.5) is 5.82 Å². The molecule has 15 heavy (non-hydrogen) atoms. The molecule has 2 aromatic heterocycles. The van der Waals surface area contributed by atoms with E-state index in [2.05, 4.69) is 21.4 Å². The third kappa shape index (κ3) is 2.53. The smallest absolute Gasteiger partial charge is 0.125 e. The van der Waals surface area contributed by atoms with Crippen molar-refractivity contribution in [3.05, 3.63) is 54.0 Å². The van der Waals surface area contributed by atoms with Gasteiger partial charge in [-0.3, -0.25) is 4.98 Å². The highest BCUT2D eigenvalue weighted by atomic mass is 15.0. The van der Waals surface area contributed by atoms with Gasteiger partial charge < -0.3 is 5.32 Å². The van der Waals surface area contributed by atoms with Gasteiger partial charge in [-0.1, -0.05) is 12.1 Å². The van der Waals surface area contributed by atoms with Crippen LogP contribution in [-0.2, 0) is 6.42 Å². The van der Waals surface area contributed by atoms with Crippen molar-refractivity contribution < 1.29 is 0 Å². The average Bonchev–Trinajstić information content (AvgIpc) is 2.31. The molecule has 0 aliphatic heterocycles. The molecule has 0 bridgehead atoms. The molecule has 76 valence electrons. The normalized spacial score (nSPS) is 9.93. The van der Waals surface area contributed by atoms with E-state index in [4.69, 9.17) is 0 Å². The van der Waals surface area contributed by atoms with Crippen LogP contribution in [-0.4, -0.2) is 17.0 Å². The maximum atomic E-state index is 4.45. The predicted molar refractivity (Wildman–Crippen MR) is 60.8 cm³/mol. The SMILES string of the molecule is CNc1cccc(Cc2cccnc2)n1. The van der Waals surface area contributed by atoms with Crippen LogP contribution in [0.15, 0.2) is 42.7 Å². The van der Waals surface area contributed by atoms with Crippen molar-refractivity contribution in [3.8, 4) is 0 Å². The van der Waals surface area contributed by atoms with E-state index < -0.39 is 0 Å². The molecule has 0 amide bonds. The molecule has 1 N–H and O–H groups in total. The minimum atomic E-state index is 0.823. The molecule has 0 unspecified atom stereocenters. The topological polar surface area (TPSA) is 37.8 Å². The lowest BCUT2D eigenvalue weighted by Crippen LogP contribution is -1.97. The summed E-state index contributed by atoms with van der Waals surface area (Å²) in [5.74, 6) is 0.899. The Morgan fingerprint density at radius 2 is 2.13 bits per heavy atom. The van der Waals surface area contributed by atoms with Gasteiger partial charge in [-0.05, 0) is 23.8 Å². The molecule has 0 atom stereocenters. The maximum absolute atomic E-state index is 4.45. The third-order valence-electron chi connectivity index (χ3n) is 2.17. The number of aromatic nitrogens is 2. The fourth-order valence-corrected chi connectivity index (χ4v) is 1.43. The van der Waals surface area contributed by atoms with Crippen molar-refractivity contribution in [3.63, 3.8) is 0 Å². The lowest BCUT2D eigenvalue weighted by molar-refractivity contribution is 1.06. The Labute approximate surface area is 89.2 Å². The molecular weight excluding hydrogens is 186 g/mol. The largest absolute Gasteiger partial charge is 0.373 e. The summed E-state index contributed by atoms with van der Waals surface area (Å²) in [4.78, 5) is 8.53. The molecule has 3 nitrogen and oxygen atoms in total. The highest BCUT2D eigenvalue weighted by molar-refractivity contribution is 5.35. The standard InChI is InChI=1S/C12H13N3/c1-13-12-6-2-5-11(15-12)8-10-4-3-7-14-9-10/h2-7,9H,8H2,1H3,(H,13,15). The lowest BCUT2D eigenvalue weighted by atomic mass is 10.1. The Hall–Kier alpha value is -1.90. The van der Waals surface area contributed by atoms with Crippen LogP contribution >= 0.6 is 0 Å². The third-order valence-corrected chi connectivity index (χ3v) is 2.17. The molecule has 0 aliphatic carbocycles. The second kappa shape index (κ2) is 4.55. The van der Waals surface area contributed by atoms with E-state index in [1.54, 1.807) is 6.20 Å². The summed E-state index contributed by atoms with van der Waals surface area (Å²) in [5.41, 5.74) is 2.23. The van der Waals surface area contributed by atoms with Crippen molar-refractivity contribution in [1.29, 1.82) is 0 Å². The van der Waals surface area contributed by atoms with Crippen LogP contribution < -0.4 is 5.32 Å². The van der Waals surface area contributed by atoms with Crippen molar-refractivity contribution >= 4 is 5.82 Å². The molecule has 0 saturated heterocycles. The van der Waals surface area contributed by atoms with Gasteiger partial charge in [0.05, 0.1) is 0 Å². The number of rotatable bonds is 3. The van der Waals surface area contributed by atoms with E-state index in [0.717, 1.165) is 17.9 Å². The molecule has 0 fully saturated rings. The van der Waals surface area contributed by atoms with Crippen LogP contribution in [0.1, 0.15) is 11.3 Å². The zero-order chi connectivity index (χ0) is 10.5. The summed E-state index contributed by atoms with van der Waals surface area (Å²) in [6, 6.07) is 9.98. The summed E-state index contributed by atoms with van der Waals surface area (Å²) in [6.45, 7) is 0. The van der Waals surface area contributed by atoms with Gasteiger partial charge in [0, 0.05) is 31.6 Å². The van der Waals surface area contributed by atoms with Crippen molar-refractivity contribution in [2.45, 2.75) is 6.42 Å². The zero-order valence-corrected chi connectivity index (χ0v) is 8.64. The van der Waals surface area contributed by atoms with E-state index in [9.17, 15) is 0 Å². The minimum absolute atomic E-state index is 0.823. The highest BCUT2D eigenvalue weighted by Crippen LogP contribution is 2.08. The van der Waals surface area contributed by atoms with E-state index in [-0.39, 0.29) is 0 Å². The van der Waals surface area contributed by atoms with Crippen LogP contribution in [0.5, 0.6) is 0 Å². The fourth-order valence-electron chi connectivity index (χ4n) is 1.43. The number of anilines is 1. The Morgan fingerprint density at radius 1 is 1.20 bits per heavy atom. The monoisotopic (exact) mass is 199 g/mol. The molecule has 0 saturated carbocycles. The first-order chi connectivity index (χ1) is 7.38. The number of hydrogen-bond donors (Lipinski definition) is 1. The van der Waals surface area contributed by atoms with Gasteiger partial charge in [0.2, 0.25) is 0 Å². The van der Waals surface area contributed by atoms with Gasteiger partial charge in [-0.25, -0.2) is 4.98 Å².